The van der Waals surface area contributed by atoms with Gasteiger partial charge in [0, 0.05) is 25.0 Å². The molecule has 2 aliphatic rings. The number of hydrogen-bond donors (Lipinski definition) is 1. The zero-order chi connectivity index (χ0) is 11.9. The average Bonchev–Trinajstić information content (AvgIpc) is 2.67. The Morgan fingerprint density at radius 2 is 1.81 bits per heavy atom. The van der Waals surface area contributed by atoms with Crippen LogP contribution < -0.4 is 5.32 Å². The highest BCUT2D eigenvalue weighted by Crippen LogP contribution is 2.45. The number of nitrogens with one attached hydrogen (secondary N) is 1. The van der Waals surface area contributed by atoms with Crippen LogP contribution in [0, 0.1) is 23.7 Å². The smallest absolute Gasteiger partial charge is 0.225 e. The van der Waals surface area contributed by atoms with Crippen molar-refractivity contribution in [3.8, 4) is 0 Å². The Morgan fingerprint density at radius 1 is 1.25 bits per heavy atom. The van der Waals surface area contributed by atoms with Gasteiger partial charge in [-0.1, -0.05) is 27.7 Å². The predicted octanol–water partition coefficient (Wildman–Crippen LogP) is 1.34. The molecule has 2 fully saturated rings. The summed E-state index contributed by atoms with van der Waals surface area (Å²) in [5.41, 5.74) is 0. The first-order chi connectivity index (χ1) is 7.50. The van der Waals surface area contributed by atoms with Crippen molar-refractivity contribution >= 4 is 5.91 Å². The van der Waals surface area contributed by atoms with Crippen LogP contribution in [0.5, 0.6) is 0 Å². The fraction of sp³-hybridized carbons (Fsp3) is 0.923. The number of likely N-dealkylation sites (tertiary alicyclic amines) is 1. The van der Waals surface area contributed by atoms with Crippen molar-refractivity contribution in [2.24, 2.45) is 23.7 Å². The first-order valence-electron chi connectivity index (χ1n) is 6.53. The van der Waals surface area contributed by atoms with E-state index in [1.165, 1.54) is 0 Å². The van der Waals surface area contributed by atoms with Gasteiger partial charge in [-0.3, -0.25) is 4.79 Å². The van der Waals surface area contributed by atoms with Gasteiger partial charge in [0.25, 0.3) is 0 Å². The molecule has 3 nitrogen and oxygen atoms in total. The fourth-order valence-corrected chi connectivity index (χ4v) is 2.75. The lowest BCUT2D eigenvalue weighted by atomic mass is 10.2. The van der Waals surface area contributed by atoms with Gasteiger partial charge in [-0.15, -0.1) is 0 Å². The molecule has 16 heavy (non-hydrogen) atoms. The van der Waals surface area contributed by atoms with Crippen LogP contribution in [-0.4, -0.2) is 36.5 Å². The standard InChI is InChI=1S/C13H24N2O/c1-8(2)5-14-12-10-6-15(7-11(10)12)13(16)9(3)4/h8-12,14H,5-7H2,1-4H3. The van der Waals surface area contributed by atoms with Crippen LogP contribution in [0.15, 0.2) is 0 Å². The van der Waals surface area contributed by atoms with Crippen LogP contribution in [0.25, 0.3) is 0 Å². The topological polar surface area (TPSA) is 32.3 Å². The molecular formula is C13H24N2O. The Labute approximate surface area is 98.6 Å². The van der Waals surface area contributed by atoms with Gasteiger partial charge in [-0.2, -0.15) is 0 Å². The fourth-order valence-electron chi connectivity index (χ4n) is 2.75. The second-order valence-corrected chi connectivity index (χ2v) is 6.05. The molecule has 0 aromatic carbocycles. The van der Waals surface area contributed by atoms with Crippen LogP contribution in [0.1, 0.15) is 27.7 Å². The van der Waals surface area contributed by atoms with Crippen molar-refractivity contribution in [1.82, 2.24) is 10.2 Å². The Hall–Kier alpha value is -0.570. The molecule has 1 saturated carbocycles. The van der Waals surface area contributed by atoms with E-state index < -0.39 is 0 Å². The van der Waals surface area contributed by atoms with Crippen molar-refractivity contribution < 1.29 is 4.79 Å². The summed E-state index contributed by atoms with van der Waals surface area (Å²) < 4.78 is 0. The molecule has 1 aliphatic heterocycles. The first kappa shape index (κ1) is 11.9. The molecule has 3 heteroatoms. The first-order valence-corrected chi connectivity index (χ1v) is 6.53. The Morgan fingerprint density at radius 3 is 2.25 bits per heavy atom. The van der Waals surface area contributed by atoms with Gasteiger partial charge in [0.05, 0.1) is 0 Å². The number of amides is 1. The molecule has 0 spiro atoms. The maximum Gasteiger partial charge on any atom is 0.225 e. The second-order valence-electron chi connectivity index (χ2n) is 6.05. The molecule has 2 unspecified atom stereocenters. The molecule has 2 rings (SSSR count). The third-order valence-corrected chi connectivity index (χ3v) is 3.76. The van der Waals surface area contributed by atoms with E-state index in [1.54, 1.807) is 0 Å². The predicted molar refractivity (Wildman–Crippen MR) is 65.0 cm³/mol. The number of fused-ring (bicyclic) bond motifs is 1. The number of carbonyl (C=O) groups is 1. The third kappa shape index (κ3) is 2.24. The van der Waals surface area contributed by atoms with Gasteiger partial charge < -0.3 is 10.2 Å². The second kappa shape index (κ2) is 4.36. The van der Waals surface area contributed by atoms with E-state index in [2.05, 4.69) is 19.2 Å². The molecule has 0 bridgehead atoms. The van der Waals surface area contributed by atoms with E-state index in [0.717, 1.165) is 37.4 Å². The zero-order valence-electron chi connectivity index (χ0n) is 10.9. The van der Waals surface area contributed by atoms with Crippen LogP contribution >= 0.6 is 0 Å². The Kier molecular flexibility index (Phi) is 3.24. The minimum absolute atomic E-state index is 0.152. The van der Waals surface area contributed by atoms with Crippen LogP contribution in [0.2, 0.25) is 0 Å². The van der Waals surface area contributed by atoms with E-state index in [0.29, 0.717) is 11.9 Å². The lowest BCUT2D eigenvalue weighted by Gasteiger charge is -2.22. The highest BCUT2D eigenvalue weighted by molar-refractivity contribution is 5.78. The summed E-state index contributed by atoms with van der Waals surface area (Å²) >= 11 is 0. The Bertz CT molecular complexity index is 263. The minimum Gasteiger partial charge on any atom is -0.342 e. The minimum atomic E-state index is 0.152. The summed E-state index contributed by atoms with van der Waals surface area (Å²) in [6, 6.07) is 0.693. The van der Waals surface area contributed by atoms with Crippen molar-refractivity contribution in [2.75, 3.05) is 19.6 Å². The van der Waals surface area contributed by atoms with Crippen molar-refractivity contribution in [3.05, 3.63) is 0 Å². The zero-order valence-corrected chi connectivity index (χ0v) is 10.9. The molecule has 0 aromatic heterocycles. The molecular weight excluding hydrogens is 200 g/mol. The molecule has 0 radical (unpaired) electrons. The third-order valence-electron chi connectivity index (χ3n) is 3.76. The number of hydrogen-bond acceptors (Lipinski definition) is 2. The summed E-state index contributed by atoms with van der Waals surface area (Å²) in [5.74, 6) is 2.67. The molecule has 1 aliphatic carbocycles. The van der Waals surface area contributed by atoms with Gasteiger partial charge in [-0.25, -0.2) is 0 Å². The average molecular weight is 224 g/mol. The summed E-state index contributed by atoms with van der Waals surface area (Å²) in [5, 5.41) is 3.61. The van der Waals surface area contributed by atoms with Crippen LogP contribution in [0.3, 0.4) is 0 Å². The van der Waals surface area contributed by atoms with E-state index in [-0.39, 0.29) is 5.92 Å². The van der Waals surface area contributed by atoms with E-state index >= 15 is 0 Å². The van der Waals surface area contributed by atoms with Crippen molar-refractivity contribution in [1.29, 1.82) is 0 Å². The summed E-state index contributed by atoms with van der Waals surface area (Å²) in [4.78, 5) is 13.8. The highest BCUT2D eigenvalue weighted by atomic mass is 16.2. The number of rotatable bonds is 4. The molecule has 1 amide bonds. The molecule has 1 heterocycles. The van der Waals surface area contributed by atoms with Crippen molar-refractivity contribution in [2.45, 2.75) is 33.7 Å². The van der Waals surface area contributed by atoms with Gasteiger partial charge >= 0.3 is 0 Å². The van der Waals surface area contributed by atoms with E-state index in [1.807, 2.05) is 18.7 Å². The molecule has 92 valence electrons. The SMILES string of the molecule is CC(C)CNC1C2CN(C(=O)C(C)C)CC21. The van der Waals surface area contributed by atoms with E-state index in [9.17, 15) is 4.79 Å². The lowest BCUT2D eigenvalue weighted by molar-refractivity contribution is -0.133. The molecule has 2 atom stereocenters. The van der Waals surface area contributed by atoms with Crippen LogP contribution in [-0.2, 0) is 4.79 Å². The number of piperidine rings is 1. The number of nitrogens with zero attached hydrogens (tertiary/aromatic N) is 1. The number of carbonyl (C=O) groups excluding carboxylic acids is 1. The summed E-state index contributed by atoms with van der Waals surface area (Å²) in [6.07, 6.45) is 0. The quantitative estimate of drug-likeness (QED) is 0.781. The van der Waals surface area contributed by atoms with Gasteiger partial charge in [0.2, 0.25) is 5.91 Å². The maximum absolute atomic E-state index is 11.8. The van der Waals surface area contributed by atoms with Gasteiger partial charge in [0.1, 0.15) is 0 Å². The van der Waals surface area contributed by atoms with E-state index in [4.69, 9.17) is 0 Å². The summed E-state index contributed by atoms with van der Waals surface area (Å²) in [6.45, 7) is 11.5. The Balaban J connectivity index is 1.74. The summed E-state index contributed by atoms with van der Waals surface area (Å²) in [7, 11) is 0. The molecule has 1 saturated heterocycles. The van der Waals surface area contributed by atoms with Crippen LogP contribution in [0.4, 0.5) is 0 Å². The molecule has 1 N–H and O–H groups in total. The molecule has 0 aromatic rings. The highest BCUT2D eigenvalue weighted by Gasteiger charge is 2.56. The normalized spacial score (nSPS) is 32.4. The van der Waals surface area contributed by atoms with Gasteiger partial charge in [-0.05, 0) is 24.3 Å². The maximum atomic E-state index is 11.8. The monoisotopic (exact) mass is 224 g/mol. The largest absolute Gasteiger partial charge is 0.342 e. The lowest BCUT2D eigenvalue weighted by Crippen LogP contribution is -2.38. The van der Waals surface area contributed by atoms with Crippen molar-refractivity contribution in [3.63, 3.8) is 0 Å². The van der Waals surface area contributed by atoms with Gasteiger partial charge in [0.15, 0.2) is 0 Å².